The second-order valence-corrected chi connectivity index (χ2v) is 10.3. The quantitative estimate of drug-likeness (QED) is 0.671. The molecular formula is C26H34N4O2. The second kappa shape index (κ2) is 8.16. The summed E-state index contributed by atoms with van der Waals surface area (Å²) in [4.78, 5) is 19.8. The molecule has 32 heavy (non-hydrogen) atoms. The molecule has 2 atom stereocenters. The minimum absolute atomic E-state index is 0.0794. The number of nitrogens with one attached hydrogen (secondary N) is 1. The maximum atomic E-state index is 12.9. The lowest BCUT2D eigenvalue weighted by atomic mass is 9.92. The summed E-state index contributed by atoms with van der Waals surface area (Å²) in [5, 5.41) is 12.8. The number of likely N-dealkylation sites (tertiary alicyclic amines) is 1. The van der Waals surface area contributed by atoms with Crippen molar-refractivity contribution in [1.82, 2.24) is 15.2 Å². The first kappa shape index (κ1) is 21.4. The van der Waals surface area contributed by atoms with Crippen molar-refractivity contribution in [3.63, 3.8) is 0 Å². The summed E-state index contributed by atoms with van der Waals surface area (Å²) in [6, 6.07) is 11.3. The van der Waals surface area contributed by atoms with Crippen molar-refractivity contribution < 1.29 is 9.90 Å². The average Bonchev–Trinajstić information content (AvgIpc) is 3.36. The number of carbonyl (C=O) groups excluding carboxylic acids is 1. The van der Waals surface area contributed by atoms with Crippen LogP contribution in [0.15, 0.2) is 36.5 Å². The smallest absolute Gasteiger partial charge is 0.255 e. The van der Waals surface area contributed by atoms with Crippen molar-refractivity contribution >= 4 is 11.7 Å². The normalized spacial score (nSPS) is 29.7. The third-order valence-electron chi connectivity index (χ3n) is 7.89. The van der Waals surface area contributed by atoms with Gasteiger partial charge in [-0.05, 0) is 69.1 Å². The van der Waals surface area contributed by atoms with Gasteiger partial charge in [0.1, 0.15) is 5.82 Å². The lowest BCUT2D eigenvalue weighted by Crippen LogP contribution is -2.38. The summed E-state index contributed by atoms with van der Waals surface area (Å²) in [5.41, 5.74) is 10.2. The summed E-state index contributed by atoms with van der Waals surface area (Å²) in [6.45, 7) is 6.92. The van der Waals surface area contributed by atoms with Gasteiger partial charge in [-0.25, -0.2) is 4.98 Å². The molecule has 1 aromatic heterocycles. The zero-order valence-electron chi connectivity index (χ0n) is 19.1. The molecule has 1 aromatic carbocycles. The van der Waals surface area contributed by atoms with Crippen molar-refractivity contribution in [2.75, 3.05) is 18.8 Å². The molecule has 0 bridgehead atoms. The van der Waals surface area contributed by atoms with Crippen LogP contribution in [-0.4, -0.2) is 52.2 Å². The van der Waals surface area contributed by atoms with Gasteiger partial charge in [-0.2, -0.15) is 0 Å². The molecule has 1 aliphatic heterocycles. The van der Waals surface area contributed by atoms with Crippen LogP contribution in [0.25, 0.3) is 11.1 Å². The number of carbonyl (C=O) groups is 1. The Labute approximate surface area is 190 Å². The van der Waals surface area contributed by atoms with Crippen LogP contribution in [0, 0.1) is 5.92 Å². The van der Waals surface area contributed by atoms with Crippen molar-refractivity contribution in [1.29, 1.82) is 0 Å². The maximum Gasteiger partial charge on any atom is 0.255 e. The number of benzene rings is 1. The molecule has 1 saturated heterocycles. The molecule has 2 heterocycles. The van der Waals surface area contributed by atoms with Crippen molar-refractivity contribution in [2.24, 2.45) is 5.92 Å². The molecule has 0 radical (unpaired) electrons. The molecule has 0 spiro atoms. The summed E-state index contributed by atoms with van der Waals surface area (Å²) < 4.78 is 0. The minimum atomic E-state index is -0.246. The van der Waals surface area contributed by atoms with E-state index in [0.717, 1.165) is 49.3 Å². The Kier molecular flexibility index (Phi) is 5.46. The van der Waals surface area contributed by atoms with Crippen LogP contribution in [0.2, 0.25) is 0 Å². The minimum Gasteiger partial charge on any atom is -0.393 e. The first-order valence-corrected chi connectivity index (χ1v) is 11.9. The summed E-state index contributed by atoms with van der Waals surface area (Å²) >= 11 is 0. The van der Waals surface area contributed by atoms with Gasteiger partial charge in [0.25, 0.3) is 5.91 Å². The van der Waals surface area contributed by atoms with E-state index < -0.39 is 0 Å². The molecule has 5 rings (SSSR count). The molecule has 2 aliphatic carbocycles. The first-order chi connectivity index (χ1) is 15.4. The summed E-state index contributed by atoms with van der Waals surface area (Å²) in [7, 11) is 0. The topological polar surface area (TPSA) is 91.5 Å². The molecule has 4 N–H and O–H groups in total. The average molecular weight is 435 g/mol. The van der Waals surface area contributed by atoms with E-state index in [4.69, 9.17) is 5.73 Å². The van der Waals surface area contributed by atoms with Crippen LogP contribution >= 0.6 is 0 Å². The highest BCUT2D eigenvalue weighted by atomic mass is 16.3. The van der Waals surface area contributed by atoms with Crippen LogP contribution in [-0.2, 0) is 5.41 Å². The Bertz CT molecular complexity index is 997. The Morgan fingerprint density at radius 1 is 1.19 bits per heavy atom. The number of anilines is 1. The highest BCUT2D eigenvalue weighted by molar-refractivity contribution is 5.99. The van der Waals surface area contributed by atoms with Crippen molar-refractivity contribution in [2.45, 2.75) is 69.6 Å². The summed E-state index contributed by atoms with van der Waals surface area (Å²) in [5.74, 6) is 0.845. The van der Waals surface area contributed by atoms with E-state index in [1.807, 2.05) is 6.07 Å². The van der Waals surface area contributed by atoms with E-state index in [0.29, 0.717) is 17.0 Å². The number of nitrogens with two attached hydrogens (primary N) is 1. The molecule has 2 aromatic rings. The van der Waals surface area contributed by atoms with E-state index in [1.165, 1.54) is 18.5 Å². The van der Waals surface area contributed by atoms with Crippen LogP contribution in [0.3, 0.4) is 0 Å². The van der Waals surface area contributed by atoms with Gasteiger partial charge in [-0.15, -0.1) is 0 Å². The number of aliphatic hydroxyl groups is 1. The largest absolute Gasteiger partial charge is 0.393 e. The van der Waals surface area contributed by atoms with Gasteiger partial charge in [0.05, 0.1) is 11.7 Å². The molecule has 3 fully saturated rings. The van der Waals surface area contributed by atoms with Crippen LogP contribution in [0.5, 0.6) is 0 Å². The van der Waals surface area contributed by atoms with Crippen LogP contribution in [0.1, 0.15) is 61.9 Å². The van der Waals surface area contributed by atoms with E-state index in [2.05, 4.69) is 53.3 Å². The lowest BCUT2D eigenvalue weighted by Gasteiger charge is -2.26. The van der Waals surface area contributed by atoms with E-state index in [1.54, 1.807) is 6.20 Å². The third-order valence-corrected chi connectivity index (χ3v) is 7.89. The number of nitrogen functional groups attached to an aromatic ring is 1. The van der Waals surface area contributed by atoms with E-state index in [9.17, 15) is 9.90 Å². The first-order valence-electron chi connectivity index (χ1n) is 11.9. The van der Waals surface area contributed by atoms with Gasteiger partial charge < -0.3 is 16.2 Å². The fourth-order valence-electron chi connectivity index (χ4n) is 5.65. The molecule has 1 amide bonds. The number of hydrogen-bond donors (Lipinski definition) is 3. The molecule has 6 nitrogen and oxygen atoms in total. The Morgan fingerprint density at radius 2 is 1.91 bits per heavy atom. The van der Waals surface area contributed by atoms with Crippen molar-refractivity contribution in [3.05, 3.63) is 47.7 Å². The molecule has 0 unspecified atom stereocenters. The number of rotatable bonds is 5. The molecule has 170 valence electrons. The number of piperidine rings is 1. The van der Waals surface area contributed by atoms with Gasteiger partial charge in [-0.3, -0.25) is 9.69 Å². The predicted molar refractivity (Wildman–Crippen MR) is 126 cm³/mol. The van der Waals surface area contributed by atoms with Gasteiger partial charge in [0.2, 0.25) is 0 Å². The summed E-state index contributed by atoms with van der Waals surface area (Å²) in [6.07, 6.45) is 5.82. The Balaban J connectivity index is 1.31. The second-order valence-electron chi connectivity index (χ2n) is 10.3. The number of fused-ring (bicyclic) bond motifs is 1. The third kappa shape index (κ3) is 3.90. The standard InChI is InChI=1S/C26H34N4O2/c1-16(2)30-14-20-12-26(20,15-30)19-5-3-17(4-6-19)18-11-23(24(27)28-13-18)25(32)29-21-7-9-22(31)10-8-21/h3-6,11,13,16,20-22,31H,7-10,12,14-15H2,1-2H3,(H2,27,28)(H,29,32)/t20-,21?,22?,26+/m1/s1. The SMILES string of the molecule is CC(C)N1C[C@H]2C[C@@]2(c2ccc(-c3cnc(N)c(C(=O)NC4CCC(O)CC4)c3)cc2)C1. The number of pyridine rings is 1. The maximum absolute atomic E-state index is 12.9. The highest BCUT2D eigenvalue weighted by Crippen LogP contribution is 2.59. The van der Waals surface area contributed by atoms with Gasteiger partial charge in [0, 0.05) is 42.3 Å². The van der Waals surface area contributed by atoms with Crippen LogP contribution in [0.4, 0.5) is 5.82 Å². The fourth-order valence-corrected chi connectivity index (χ4v) is 5.65. The van der Waals surface area contributed by atoms with Crippen LogP contribution < -0.4 is 11.1 Å². The Hall–Kier alpha value is -2.44. The number of amides is 1. The number of nitrogens with zero attached hydrogens (tertiary/aromatic N) is 2. The van der Waals surface area contributed by atoms with E-state index >= 15 is 0 Å². The highest BCUT2D eigenvalue weighted by Gasteiger charge is 2.60. The molecule has 3 aliphatic rings. The number of aromatic nitrogens is 1. The zero-order valence-corrected chi connectivity index (χ0v) is 19.1. The fraction of sp³-hybridized carbons (Fsp3) is 0.538. The van der Waals surface area contributed by atoms with Crippen molar-refractivity contribution in [3.8, 4) is 11.1 Å². The predicted octanol–water partition coefficient (Wildman–Crippen LogP) is 3.35. The number of hydrogen-bond acceptors (Lipinski definition) is 5. The molecule has 2 saturated carbocycles. The van der Waals surface area contributed by atoms with E-state index in [-0.39, 0.29) is 23.9 Å². The Morgan fingerprint density at radius 3 is 2.56 bits per heavy atom. The monoisotopic (exact) mass is 434 g/mol. The zero-order chi connectivity index (χ0) is 22.5. The lowest BCUT2D eigenvalue weighted by molar-refractivity contribution is 0.0868. The van der Waals surface area contributed by atoms with Gasteiger partial charge in [0.15, 0.2) is 0 Å². The molecule has 6 heteroatoms. The van der Waals surface area contributed by atoms with Gasteiger partial charge >= 0.3 is 0 Å². The molecular weight excluding hydrogens is 400 g/mol. The van der Waals surface area contributed by atoms with Gasteiger partial charge in [-0.1, -0.05) is 24.3 Å². The number of aliphatic hydroxyl groups excluding tert-OH is 1.